The summed E-state index contributed by atoms with van der Waals surface area (Å²) < 4.78 is 2.44. The Hall–Kier alpha value is -1.32. The Morgan fingerprint density at radius 1 is 1.22 bits per heavy atom. The van der Waals surface area contributed by atoms with E-state index in [2.05, 4.69) is 75.6 Å². The molecule has 1 atom stereocenters. The van der Waals surface area contributed by atoms with E-state index < -0.39 is 0 Å². The van der Waals surface area contributed by atoms with Crippen LogP contribution in [0.3, 0.4) is 0 Å². The third-order valence-electron chi connectivity index (χ3n) is 7.29. The molecule has 0 aromatic rings. The van der Waals surface area contributed by atoms with Crippen LogP contribution in [0.15, 0.2) is 58.2 Å². The van der Waals surface area contributed by atoms with E-state index in [4.69, 9.17) is 0 Å². The second-order valence-corrected chi connectivity index (χ2v) is 11.3. The number of carbonyl (C=O) groups is 1. The molecule has 0 aromatic carbocycles. The number of hydrogen-bond acceptors (Lipinski definition) is 3. The summed E-state index contributed by atoms with van der Waals surface area (Å²) in [5.74, 6) is 1.06. The summed E-state index contributed by atoms with van der Waals surface area (Å²) in [6.45, 7) is 15.5. The smallest absolute Gasteiger partial charge is 0.158 e. The highest BCUT2D eigenvalue weighted by molar-refractivity contribution is 7.96. The van der Waals surface area contributed by atoms with Gasteiger partial charge >= 0.3 is 0 Å². The van der Waals surface area contributed by atoms with Crippen LogP contribution >= 0.6 is 11.9 Å². The summed E-state index contributed by atoms with van der Waals surface area (Å²) in [6.07, 6.45) is 20.9. The normalized spacial score (nSPS) is 23.5. The number of ketones is 1. The fourth-order valence-electron chi connectivity index (χ4n) is 4.91. The Bertz CT molecular complexity index is 809. The molecule has 1 aliphatic carbocycles. The maximum atomic E-state index is 12.6. The summed E-state index contributed by atoms with van der Waals surface area (Å²) >= 11 is 1.84. The molecule has 1 fully saturated rings. The average Bonchev–Trinajstić information content (AvgIpc) is 3.20. The predicted octanol–water partition coefficient (Wildman–Crippen LogP) is 8.25. The van der Waals surface area contributed by atoms with Gasteiger partial charge in [0.2, 0.25) is 0 Å². The van der Waals surface area contributed by atoms with Gasteiger partial charge in [-0.15, -0.1) is 0 Å². The summed E-state index contributed by atoms with van der Waals surface area (Å²) in [5, 5.41) is 0. The first-order valence-corrected chi connectivity index (χ1v) is 13.5. The lowest BCUT2D eigenvalue weighted by Crippen LogP contribution is -2.19. The van der Waals surface area contributed by atoms with Crippen LogP contribution in [0.4, 0.5) is 0 Å². The lowest BCUT2D eigenvalue weighted by atomic mass is 9.72. The van der Waals surface area contributed by atoms with Gasteiger partial charge in [0.1, 0.15) is 0 Å². The van der Waals surface area contributed by atoms with Gasteiger partial charge in [-0.3, -0.25) is 9.10 Å². The Balaban J connectivity index is 1.86. The number of rotatable bonds is 10. The number of nitrogens with zero attached hydrogens (tertiary/aromatic N) is 1. The highest BCUT2D eigenvalue weighted by Crippen LogP contribution is 2.40. The lowest BCUT2D eigenvalue weighted by molar-refractivity contribution is -0.115. The van der Waals surface area contributed by atoms with Gasteiger partial charge in [-0.05, 0) is 101 Å². The Kier molecular flexibility index (Phi) is 10.8. The van der Waals surface area contributed by atoms with Crippen LogP contribution in [0.1, 0.15) is 86.5 Å². The van der Waals surface area contributed by atoms with Crippen molar-refractivity contribution >= 4 is 17.7 Å². The highest BCUT2D eigenvalue weighted by Gasteiger charge is 2.26. The molecule has 0 amide bonds. The molecule has 0 bridgehead atoms. The van der Waals surface area contributed by atoms with Gasteiger partial charge in [-0.1, -0.05) is 67.3 Å². The van der Waals surface area contributed by atoms with E-state index in [1.54, 1.807) is 0 Å². The third-order valence-corrected chi connectivity index (χ3v) is 8.14. The molecular formula is C29H45NOS. The molecule has 0 radical (unpaired) electrons. The second kappa shape index (κ2) is 12.8. The molecule has 1 saturated heterocycles. The number of Topliss-reactive ketones (excluding diaryl/α,β-unsaturated/α-hetero) is 1. The van der Waals surface area contributed by atoms with Crippen LogP contribution in [0.25, 0.3) is 0 Å². The van der Waals surface area contributed by atoms with E-state index in [0.717, 1.165) is 23.5 Å². The van der Waals surface area contributed by atoms with E-state index in [1.165, 1.54) is 61.9 Å². The Morgan fingerprint density at radius 3 is 2.62 bits per heavy atom. The van der Waals surface area contributed by atoms with Crippen molar-refractivity contribution in [1.82, 2.24) is 4.31 Å². The minimum atomic E-state index is 0.276. The first-order chi connectivity index (χ1) is 15.1. The molecule has 0 saturated carbocycles. The summed E-state index contributed by atoms with van der Waals surface area (Å²) in [7, 11) is 0. The minimum Gasteiger partial charge on any atom is -0.295 e. The molecular weight excluding hydrogens is 410 g/mol. The van der Waals surface area contributed by atoms with Crippen molar-refractivity contribution in [3.63, 3.8) is 0 Å². The van der Waals surface area contributed by atoms with E-state index >= 15 is 0 Å². The summed E-state index contributed by atoms with van der Waals surface area (Å²) in [6, 6.07) is 0. The maximum Gasteiger partial charge on any atom is 0.158 e. The van der Waals surface area contributed by atoms with Crippen molar-refractivity contribution in [2.75, 3.05) is 19.3 Å². The van der Waals surface area contributed by atoms with Crippen molar-refractivity contribution in [2.45, 2.75) is 86.5 Å². The van der Waals surface area contributed by atoms with Crippen molar-refractivity contribution < 1.29 is 4.79 Å². The van der Waals surface area contributed by atoms with Crippen molar-refractivity contribution in [3.8, 4) is 0 Å². The molecule has 0 spiro atoms. The Labute approximate surface area is 202 Å². The third kappa shape index (κ3) is 8.23. The van der Waals surface area contributed by atoms with E-state index in [0.29, 0.717) is 12.2 Å². The number of hydrogen-bond donors (Lipinski definition) is 0. The van der Waals surface area contributed by atoms with Gasteiger partial charge in [0.15, 0.2) is 5.78 Å². The molecule has 2 aliphatic rings. The van der Waals surface area contributed by atoms with Gasteiger partial charge in [-0.2, -0.15) is 0 Å². The van der Waals surface area contributed by atoms with E-state index in [9.17, 15) is 4.79 Å². The van der Waals surface area contributed by atoms with Gasteiger partial charge < -0.3 is 0 Å². The highest BCUT2D eigenvalue weighted by atomic mass is 32.2. The van der Waals surface area contributed by atoms with Crippen molar-refractivity contribution in [2.24, 2.45) is 11.3 Å². The predicted molar refractivity (Wildman–Crippen MR) is 143 cm³/mol. The minimum absolute atomic E-state index is 0.276. The zero-order chi connectivity index (χ0) is 23.7. The van der Waals surface area contributed by atoms with Crippen molar-refractivity contribution in [1.29, 1.82) is 0 Å². The van der Waals surface area contributed by atoms with Crippen LogP contribution in [0.2, 0.25) is 0 Å². The second-order valence-electron chi connectivity index (χ2n) is 10.4. The Morgan fingerprint density at radius 2 is 1.97 bits per heavy atom. The first-order valence-electron chi connectivity index (χ1n) is 12.4. The van der Waals surface area contributed by atoms with Gasteiger partial charge in [0.25, 0.3) is 0 Å². The lowest BCUT2D eigenvalue weighted by Gasteiger charge is -2.32. The topological polar surface area (TPSA) is 20.3 Å². The SMILES string of the molecule is CSN1CCC(CCCC(=O)\C(C)=C(C)/C=C/C=C(C)/C=C/C2=C(C)CCCC2(C)C)C1. The van der Waals surface area contributed by atoms with Gasteiger partial charge in [-0.25, -0.2) is 0 Å². The maximum absolute atomic E-state index is 12.6. The van der Waals surface area contributed by atoms with Crippen LogP contribution in [0, 0.1) is 11.3 Å². The summed E-state index contributed by atoms with van der Waals surface area (Å²) in [5.41, 5.74) is 6.52. The largest absolute Gasteiger partial charge is 0.295 e. The fourth-order valence-corrected chi connectivity index (χ4v) is 5.56. The molecule has 1 unspecified atom stereocenters. The van der Waals surface area contributed by atoms with Gasteiger partial charge in [0, 0.05) is 19.5 Å². The first kappa shape index (κ1) is 26.9. The molecule has 2 nitrogen and oxygen atoms in total. The fraction of sp³-hybridized carbons (Fsp3) is 0.621. The molecule has 178 valence electrons. The molecule has 1 aliphatic heterocycles. The number of allylic oxidation sites excluding steroid dienone is 10. The molecule has 32 heavy (non-hydrogen) atoms. The standard InChI is InChI=1S/C29H45NOS/c1-22(16-17-27-24(3)13-10-19-29(27,5)6)11-8-12-23(2)25(4)28(31)15-9-14-26-18-20-30(21-26)32-7/h8,11-12,16-17,26H,9-10,13-15,18-21H2,1-7H3/b12-8+,17-16+,22-11+,25-23-. The summed E-state index contributed by atoms with van der Waals surface area (Å²) in [4.78, 5) is 12.6. The van der Waals surface area contributed by atoms with E-state index in [-0.39, 0.29) is 5.41 Å². The van der Waals surface area contributed by atoms with Gasteiger partial charge in [0.05, 0.1) is 0 Å². The van der Waals surface area contributed by atoms with E-state index in [1.807, 2.05) is 18.9 Å². The zero-order valence-corrected chi connectivity index (χ0v) is 22.4. The van der Waals surface area contributed by atoms with Crippen LogP contribution in [-0.4, -0.2) is 29.4 Å². The van der Waals surface area contributed by atoms with Crippen LogP contribution in [-0.2, 0) is 4.79 Å². The molecule has 1 heterocycles. The monoisotopic (exact) mass is 455 g/mol. The van der Waals surface area contributed by atoms with Crippen LogP contribution < -0.4 is 0 Å². The quantitative estimate of drug-likeness (QED) is 0.188. The number of carbonyl (C=O) groups excluding carboxylic acids is 1. The van der Waals surface area contributed by atoms with Crippen LogP contribution in [0.5, 0.6) is 0 Å². The molecule has 2 rings (SSSR count). The average molecular weight is 456 g/mol. The molecule has 0 N–H and O–H groups in total. The zero-order valence-electron chi connectivity index (χ0n) is 21.6. The van der Waals surface area contributed by atoms with Crippen molar-refractivity contribution in [3.05, 3.63) is 58.2 Å². The molecule has 3 heteroatoms. The molecule has 0 aromatic heterocycles.